The Kier molecular flexibility index (Phi) is 4.93. The Morgan fingerprint density at radius 1 is 1.26 bits per heavy atom. The number of carbonyl (C=O) groups is 2. The van der Waals surface area contributed by atoms with E-state index in [0.29, 0.717) is 12.3 Å². The number of carbonyl (C=O) groups excluding carboxylic acids is 2. The highest BCUT2D eigenvalue weighted by Crippen LogP contribution is 2.29. The minimum atomic E-state index is -4.74. The zero-order valence-corrected chi connectivity index (χ0v) is 14.0. The van der Waals surface area contributed by atoms with Crippen LogP contribution in [0.4, 0.5) is 13.2 Å². The lowest BCUT2D eigenvalue weighted by Gasteiger charge is -2.31. The van der Waals surface area contributed by atoms with Crippen LogP contribution in [0.3, 0.4) is 0 Å². The number of nitrogens with zero attached hydrogens (tertiary/aromatic N) is 4. The molecule has 0 spiro atoms. The van der Waals surface area contributed by atoms with Crippen LogP contribution in [0.5, 0.6) is 0 Å². The number of aromatic nitrogens is 2. The minimum absolute atomic E-state index is 0.0958. The zero-order chi connectivity index (χ0) is 19.6. The highest BCUT2D eigenvalue weighted by Gasteiger charge is 2.38. The van der Waals surface area contributed by atoms with Crippen molar-refractivity contribution in [2.45, 2.75) is 13.1 Å². The van der Waals surface area contributed by atoms with Crippen molar-refractivity contribution in [3.8, 4) is 11.4 Å². The van der Waals surface area contributed by atoms with Gasteiger partial charge < -0.3 is 14.3 Å². The molecule has 2 aromatic rings. The average Bonchev–Trinajstić information content (AvgIpc) is 3.10. The molecule has 11 heteroatoms. The van der Waals surface area contributed by atoms with Crippen LogP contribution in [0.1, 0.15) is 23.2 Å². The number of halogens is 3. The van der Waals surface area contributed by atoms with Gasteiger partial charge in [-0.1, -0.05) is 34.6 Å². The Bertz CT molecular complexity index is 882. The third kappa shape index (κ3) is 3.96. The van der Waals surface area contributed by atoms with Gasteiger partial charge in [-0.25, -0.2) is 0 Å². The number of ketones is 1. The highest BCUT2D eigenvalue weighted by molar-refractivity contribution is 6.43. The lowest BCUT2D eigenvalue weighted by atomic mass is 10.0. The van der Waals surface area contributed by atoms with E-state index in [0.717, 1.165) is 0 Å². The maximum absolute atomic E-state index is 12.5. The van der Waals surface area contributed by atoms with Crippen molar-refractivity contribution >= 4 is 17.4 Å². The molecule has 1 fully saturated rings. The van der Waals surface area contributed by atoms with E-state index in [4.69, 9.17) is 4.84 Å². The molecule has 0 radical (unpaired) electrons. The first-order chi connectivity index (χ1) is 12.8. The predicted octanol–water partition coefficient (Wildman–Crippen LogP) is 2.17. The average molecular weight is 382 g/mol. The molecule has 0 aliphatic carbocycles. The Morgan fingerprint density at radius 3 is 2.48 bits per heavy atom. The van der Waals surface area contributed by atoms with Crippen molar-refractivity contribution < 1.29 is 32.1 Å². The second-order valence-corrected chi connectivity index (χ2v) is 5.56. The van der Waals surface area contributed by atoms with Gasteiger partial charge in [0, 0.05) is 11.1 Å². The molecule has 2 heterocycles. The number of benzene rings is 1. The van der Waals surface area contributed by atoms with Crippen LogP contribution in [0.25, 0.3) is 11.4 Å². The van der Waals surface area contributed by atoms with Gasteiger partial charge in [-0.15, -0.1) is 0 Å². The normalized spacial score (nSPS) is 13.9. The molecule has 0 unspecified atom stereocenters. The molecule has 0 atom stereocenters. The fourth-order valence-corrected chi connectivity index (χ4v) is 2.25. The number of alkyl halides is 3. The molecule has 1 saturated heterocycles. The van der Waals surface area contributed by atoms with Crippen LogP contribution in [-0.2, 0) is 15.8 Å². The summed E-state index contributed by atoms with van der Waals surface area (Å²) in [5.74, 6) is -3.17. The number of hydrogen-bond donors (Lipinski definition) is 0. The Morgan fingerprint density at radius 2 is 1.93 bits per heavy atom. The summed E-state index contributed by atoms with van der Waals surface area (Å²) in [6.45, 7) is 2.61. The number of Topliss-reactive ketones (excluding diaryl/α,β-unsaturated/α-hetero) is 1. The van der Waals surface area contributed by atoms with Crippen molar-refractivity contribution in [3.63, 3.8) is 0 Å². The lowest BCUT2D eigenvalue weighted by molar-refractivity contribution is -0.159. The van der Waals surface area contributed by atoms with Crippen molar-refractivity contribution in [1.29, 1.82) is 0 Å². The Balaban J connectivity index is 1.66. The van der Waals surface area contributed by atoms with Crippen molar-refractivity contribution in [2.24, 2.45) is 5.16 Å². The molecular formula is C16H13F3N4O4. The predicted molar refractivity (Wildman–Crippen MR) is 84.7 cm³/mol. The molecule has 142 valence electrons. The summed E-state index contributed by atoms with van der Waals surface area (Å²) in [5, 5.41) is 7.04. The van der Waals surface area contributed by atoms with Gasteiger partial charge in [-0.2, -0.15) is 18.2 Å². The number of likely N-dealkylation sites (tertiary alicyclic amines) is 1. The summed E-state index contributed by atoms with van der Waals surface area (Å²) in [7, 11) is 0. The zero-order valence-electron chi connectivity index (χ0n) is 14.0. The fourth-order valence-electron chi connectivity index (χ4n) is 2.25. The van der Waals surface area contributed by atoms with Crippen molar-refractivity contribution in [2.75, 3.05) is 19.7 Å². The number of hydrogen-bond acceptors (Lipinski definition) is 7. The molecule has 0 bridgehead atoms. The molecule has 0 N–H and O–H groups in total. The first-order valence-corrected chi connectivity index (χ1v) is 7.82. The Labute approximate surface area is 150 Å². The molecule has 8 nitrogen and oxygen atoms in total. The summed E-state index contributed by atoms with van der Waals surface area (Å²) in [6, 6.07) is 5.30. The summed E-state index contributed by atoms with van der Waals surface area (Å²) in [4.78, 5) is 33.8. The molecule has 1 amide bonds. The summed E-state index contributed by atoms with van der Waals surface area (Å²) >= 11 is 0. The maximum Gasteiger partial charge on any atom is 0.471 e. The standard InChI is InChI=1S/C16H13F3N4O4/c1-2-26-21-11-7-23(8-11)14(25)12(24)9-3-5-10(6-4-9)13-20-15(27-22-13)16(17,18)19/h3-6H,2,7-8H2,1H3. The van der Waals surface area contributed by atoms with E-state index in [1.54, 1.807) is 6.92 Å². The highest BCUT2D eigenvalue weighted by atomic mass is 19.4. The molecule has 1 aliphatic rings. The van der Waals surface area contributed by atoms with E-state index in [9.17, 15) is 22.8 Å². The minimum Gasteiger partial charge on any atom is -0.396 e. The van der Waals surface area contributed by atoms with Crippen LogP contribution in [0.15, 0.2) is 33.9 Å². The van der Waals surface area contributed by atoms with E-state index >= 15 is 0 Å². The van der Waals surface area contributed by atoms with E-state index < -0.39 is 23.8 Å². The summed E-state index contributed by atoms with van der Waals surface area (Å²) in [5.41, 5.74) is 0.970. The van der Waals surface area contributed by atoms with Crippen molar-refractivity contribution in [3.05, 3.63) is 35.7 Å². The molecule has 27 heavy (non-hydrogen) atoms. The van der Waals surface area contributed by atoms with Crippen LogP contribution >= 0.6 is 0 Å². The van der Waals surface area contributed by atoms with Gasteiger partial charge >= 0.3 is 12.1 Å². The SMILES string of the molecule is CCON=C1CN(C(=O)C(=O)c2ccc(-c3noc(C(F)(F)F)n3)cc2)C1. The van der Waals surface area contributed by atoms with Crippen LogP contribution in [0.2, 0.25) is 0 Å². The van der Waals surface area contributed by atoms with Gasteiger partial charge in [0.2, 0.25) is 11.6 Å². The van der Waals surface area contributed by atoms with E-state index in [1.165, 1.54) is 29.2 Å². The second kappa shape index (κ2) is 7.17. The number of amides is 1. The topological polar surface area (TPSA) is 97.9 Å². The first-order valence-electron chi connectivity index (χ1n) is 7.82. The monoisotopic (exact) mass is 382 g/mol. The maximum atomic E-state index is 12.5. The molecule has 1 aliphatic heterocycles. The van der Waals surface area contributed by atoms with E-state index in [2.05, 4.69) is 19.8 Å². The van der Waals surface area contributed by atoms with Crippen molar-refractivity contribution in [1.82, 2.24) is 15.0 Å². The largest absolute Gasteiger partial charge is 0.471 e. The van der Waals surface area contributed by atoms with E-state index in [1.807, 2.05) is 0 Å². The summed E-state index contributed by atoms with van der Waals surface area (Å²) < 4.78 is 41.6. The molecular weight excluding hydrogens is 369 g/mol. The number of oxime groups is 1. The smallest absolute Gasteiger partial charge is 0.396 e. The van der Waals surface area contributed by atoms with Crippen LogP contribution in [0, 0.1) is 0 Å². The van der Waals surface area contributed by atoms with Gasteiger partial charge in [0.1, 0.15) is 6.61 Å². The molecule has 3 rings (SSSR count). The quantitative estimate of drug-likeness (QED) is 0.447. The van der Waals surface area contributed by atoms with Gasteiger partial charge in [-0.05, 0) is 6.92 Å². The number of rotatable bonds is 5. The van der Waals surface area contributed by atoms with Crippen LogP contribution in [-0.4, -0.2) is 52.1 Å². The first kappa shape index (κ1) is 18.5. The third-order valence-electron chi connectivity index (χ3n) is 3.62. The van der Waals surface area contributed by atoms with Crippen LogP contribution < -0.4 is 0 Å². The molecule has 1 aromatic carbocycles. The lowest BCUT2D eigenvalue weighted by Crippen LogP contribution is -2.53. The Hall–Kier alpha value is -3.24. The van der Waals surface area contributed by atoms with Gasteiger partial charge in [0.25, 0.3) is 5.91 Å². The molecule has 1 aromatic heterocycles. The third-order valence-corrected chi connectivity index (χ3v) is 3.62. The fraction of sp³-hybridized carbons (Fsp3) is 0.312. The van der Waals surface area contributed by atoms with Gasteiger partial charge in [-0.3, -0.25) is 9.59 Å². The van der Waals surface area contributed by atoms with Gasteiger partial charge in [0.05, 0.1) is 18.8 Å². The second-order valence-electron chi connectivity index (χ2n) is 5.56. The van der Waals surface area contributed by atoms with E-state index in [-0.39, 0.29) is 30.0 Å². The summed E-state index contributed by atoms with van der Waals surface area (Å²) in [6.07, 6.45) is -4.74. The molecule has 0 saturated carbocycles. The van der Waals surface area contributed by atoms with Gasteiger partial charge in [0.15, 0.2) is 0 Å².